The van der Waals surface area contributed by atoms with Gasteiger partial charge in [0.15, 0.2) is 0 Å². The molecule has 0 atom stereocenters. The van der Waals surface area contributed by atoms with Crippen LogP contribution in [-0.4, -0.2) is 0 Å². The minimum absolute atomic E-state index is 0.495. The number of aryl methyl sites for hydroxylation is 1. The number of benzene rings is 1. The van der Waals surface area contributed by atoms with Gasteiger partial charge in [-0.25, -0.2) is 0 Å². The van der Waals surface area contributed by atoms with Crippen LogP contribution in [0.15, 0.2) is 18.2 Å². The van der Waals surface area contributed by atoms with Crippen molar-refractivity contribution in [3.8, 4) is 0 Å². The van der Waals surface area contributed by atoms with Gasteiger partial charge in [0.05, 0.1) is 0 Å². The fraction of sp³-hybridized carbons (Fsp3) is 0.538. The lowest BCUT2D eigenvalue weighted by Crippen LogP contribution is -2.09. The summed E-state index contributed by atoms with van der Waals surface area (Å²) in [5.74, 6) is 0. The second kappa shape index (κ2) is 2.87. The molecule has 0 nitrogen and oxygen atoms in total. The highest BCUT2D eigenvalue weighted by atomic mass is 14.3. The molecule has 0 unspecified atom stereocenters. The highest BCUT2D eigenvalue weighted by Crippen LogP contribution is 2.36. The molecule has 0 fully saturated rings. The maximum absolute atomic E-state index is 2.39. The highest BCUT2D eigenvalue weighted by Gasteiger charge is 2.27. The molecule has 0 bridgehead atoms. The van der Waals surface area contributed by atoms with Crippen molar-refractivity contribution in [2.24, 2.45) is 5.41 Å². The third-order valence-corrected chi connectivity index (χ3v) is 3.02. The standard InChI is InChI=1S/C13H18/c1-4-10-5-6-11-8-13(2,3)9-12(11)7-10/h5-7H,4,8-9H2,1-3H3. The fourth-order valence-corrected chi connectivity index (χ4v) is 2.33. The molecule has 1 aliphatic carbocycles. The van der Waals surface area contributed by atoms with Crippen molar-refractivity contribution in [2.75, 3.05) is 0 Å². The van der Waals surface area contributed by atoms with Crippen molar-refractivity contribution in [3.63, 3.8) is 0 Å². The Balaban J connectivity index is 2.36. The third kappa shape index (κ3) is 1.63. The fourth-order valence-electron chi connectivity index (χ4n) is 2.33. The van der Waals surface area contributed by atoms with E-state index in [-0.39, 0.29) is 0 Å². The molecule has 0 heteroatoms. The smallest absolute Gasteiger partial charge is 0.0221 e. The molecule has 0 radical (unpaired) electrons. The van der Waals surface area contributed by atoms with E-state index in [1.807, 2.05) is 0 Å². The Bertz CT molecular complexity index is 321. The molecule has 0 spiro atoms. The predicted octanol–water partition coefficient (Wildman–Crippen LogP) is 3.37. The van der Waals surface area contributed by atoms with Crippen molar-refractivity contribution in [3.05, 3.63) is 34.9 Å². The van der Waals surface area contributed by atoms with Gasteiger partial charge in [-0.1, -0.05) is 39.0 Å². The van der Waals surface area contributed by atoms with Gasteiger partial charge >= 0.3 is 0 Å². The van der Waals surface area contributed by atoms with E-state index in [0.29, 0.717) is 5.41 Å². The summed E-state index contributed by atoms with van der Waals surface area (Å²) in [6, 6.07) is 6.99. The minimum Gasteiger partial charge on any atom is -0.0613 e. The first-order chi connectivity index (χ1) is 6.11. The van der Waals surface area contributed by atoms with E-state index in [0.717, 1.165) is 6.42 Å². The van der Waals surface area contributed by atoms with E-state index in [9.17, 15) is 0 Å². The third-order valence-electron chi connectivity index (χ3n) is 3.02. The van der Waals surface area contributed by atoms with Crippen LogP contribution >= 0.6 is 0 Å². The van der Waals surface area contributed by atoms with Crippen LogP contribution in [0.5, 0.6) is 0 Å². The lowest BCUT2D eigenvalue weighted by molar-refractivity contribution is 0.392. The van der Waals surface area contributed by atoms with Gasteiger partial charge in [0, 0.05) is 0 Å². The Labute approximate surface area is 81.0 Å². The molecular weight excluding hydrogens is 156 g/mol. The van der Waals surface area contributed by atoms with Gasteiger partial charge in [-0.3, -0.25) is 0 Å². The number of fused-ring (bicyclic) bond motifs is 1. The van der Waals surface area contributed by atoms with Gasteiger partial charge in [-0.05, 0) is 41.4 Å². The van der Waals surface area contributed by atoms with Crippen molar-refractivity contribution in [2.45, 2.75) is 40.0 Å². The second-order valence-electron chi connectivity index (χ2n) is 4.97. The molecule has 1 aliphatic rings. The minimum atomic E-state index is 0.495. The van der Waals surface area contributed by atoms with Crippen molar-refractivity contribution >= 4 is 0 Å². The Kier molecular flexibility index (Phi) is 1.94. The van der Waals surface area contributed by atoms with Gasteiger partial charge in [-0.15, -0.1) is 0 Å². The zero-order valence-electron chi connectivity index (χ0n) is 8.85. The molecule has 0 N–H and O–H groups in total. The molecule has 0 saturated heterocycles. The summed E-state index contributed by atoms with van der Waals surface area (Å²) < 4.78 is 0. The van der Waals surface area contributed by atoms with Crippen LogP contribution in [0.25, 0.3) is 0 Å². The van der Waals surface area contributed by atoms with Crippen LogP contribution in [0, 0.1) is 5.41 Å². The zero-order chi connectivity index (χ0) is 9.47. The van der Waals surface area contributed by atoms with Crippen LogP contribution in [-0.2, 0) is 19.3 Å². The van der Waals surface area contributed by atoms with Crippen LogP contribution in [0.4, 0.5) is 0 Å². The summed E-state index contributed by atoms with van der Waals surface area (Å²) in [6.07, 6.45) is 3.68. The maximum atomic E-state index is 2.39. The van der Waals surface area contributed by atoms with Gasteiger partial charge in [0.25, 0.3) is 0 Å². The SMILES string of the molecule is CCc1ccc2c(c1)CC(C)(C)C2. The topological polar surface area (TPSA) is 0 Å². The number of rotatable bonds is 1. The van der Waals surface area contributed by atoms with E-state index in [2.05, 4.69) is 39.0 Å². The molecular formula is C13H18. The van der Waals surface area contributed by atoms with Gasteiger partial charge in [0.1, 0.15) is 0 Å². The first-order valence-electron chi connectivity index (χ1n) is 5.21. The molecule has 0 saturated carbocycles. The second-order valence-corrected chi connectivity index (χ2v) is 4.97. The highest BCUT2D eigenvalue weighted by molar-refractivity contribution is 5.37. The molecule has 13 heavy (non-hydrogen) atoms. The predicted molar refractivity (Wildman–Crippen MR) is 57.0 cm³/mol. The van der Waals surface area contributed by atoms with Gasteiger partial charge in [-0.2, -0.15) is 0 Å². The Hall–Kier alpha value is -0.780. The molecule has 70 valence electrons. The van der Waals surface area contributed by atoms with Crippen LogP contribution in [0.3, 0.4) is 0 Å². The van der Waals surface area contributed by atoms with Crippen molar-refractivity contribution in [1.82, 2.24) is 0 Å². The average Bonchev–Trinajstić information content (AvgIpc) is 2.36. The van der Waals surface area contributed by atoms with Crippen LogP contribution in [0.2, 0.25) is 0 Å². The van der Waals surface area contributed by atoms with E-state index in [1.165, 1.54) is 18.4 Å². The normalized spacial score (nSPS) is 18.7. The Morgan fingerprint density at radius 3 is 2.54 bits per heavy atom. The van der Waals surface area contributed by atoms with Crippen molar-refractivity contribution < 1.29 is 0 Å². The molecule has 0 aliphatic heterocycles. The lowest BCUT2D eigenvalue weighted by Gasteiger charge is -2.14. The molecule has 1 aromatic rings. The average molecular weight is 174 g/mol. The Morgan fingerprint density at radius 1 is 1.15 bits per heavy atom. The van der Waals surface area contributed by atoms with E-state index in [1.54, 1.807) is 11.1 Å². The molecule has 1 aromatic carbocycles. The monoisotopic (exact) mass is 174 g/mol. The zero-order valence-corrected chi connectivity index (χ0v) is 8.85. The summed E-state index contributed by atoms with van der Waals surface area (Å²) in [4.78, 5) is 0. The van der Waals surface area contributed by atoms with Gasteiger partial charge < -0.3 is 0 Å². The summed E-state index contributed by atoms with van der Waals surface area (Å²) in [6.45, 7) is 6.94. The Morgan fingerprint density at radius 2 is 1.85 bits per heavy atom. The first kappa shape index (κ1) is 8.80. The quantitative estimate of drug-likeness (QED) is 0.612. The van der Waals surface area contributed by atoms with E-state index in [4.69, 9.17) is 0 Å². The summed E-state index contributed by atoms with van der Waals surface area (Å²) >= 11 is 0. The van der Waals surface area contributed by atoms with E-state index < -0.39 is 0 Å². The largest absolute Gasteiger partial charge is 0.0613 e. The van der Waals surface area contributed by atoms with Crippen LogP contribution in [0.1, 0.15) is 37.5 Å². The first-order valence-corrected chi connectivity index (χ1v) is 5.21. The van der Waals surface area contributed by atoms with Crippen molar-refractivity contribution in [1.29, 1.82) is 0 Å². The number of hydrogen-bond donors (Lipinski definition) is 0. The molecule has 0 amide bonds. The number of hydrogen-bond acceptors (Lipinski definition) is 0. The molecule has 0 aromatic heterocycles. The maximum Gasteiger partial charge on any atom is -0.0221 e. The van der Waals surface area contributed by atoms with E-state index >= 15 is 0 Å². The molecule has 2 rings (SSSR count). The summed E-state index contributed by atoms with van der Waals surface area (Å²) in [7, 11) is 0. The van der Waals surface area contributed by atoms with Gasteiger partial charge in [0.2, 0.25) is 0 Å². The summed E-state index contributed by atoms with van der Waals surface area (Å²) in [5, 5.41) is 0. The molecule has 0 heterocycles. The van der Waals surface area contributed by atoms with Crippen LogP contribution < -0.4 is 0 Å². The lowest BCUT2D eigenvalue weighted by atomic mass is 9.90. The summed E-state index contributed by atoms with van der Waals surface area (Å²) in [5.41, 5.74) is 5.14.